The number of para-hydroxylation sites is 1. The molecule has 0 aliphatic rings. The van der Waals surface area contributed by atoms with Gasteiger partial charge in [0, 0.05) is 37.1 Å². The van der Waals surface area contributed by atoms with Crippen LogP contribution in [0, 0.1) is 0 Å². The molecule has 1 heterocycles. The first-order valence-corrected chi connectivity index (χ1v) is 13.5. The van der Waals surface area contributed by atoms with Gasteiger partial charge in [-0.1, -0.05) is 44.9 Å². The summed E-state index contributed by atoms with van der Waals surface area (Å²) in [6.07, 6.45) is 5.05. The van der Waals surface area contributed by atoms with E-state index in [1.807, 2.05) is 30.3 Å². The molecule has 31 heavy (non-hydrogen) atoms. The van der Waals surface area contributed by atoms with E-state index < -0.39 is 0 Å². The van der Waals surface area contributed by atoms with Crippen molar-refractivity contribution in [1.82, 2.24) is 0 Å². The van der Waals surface area contributed by atoms with Gasteiger partial charge in [0.25, 0.3) is 0 Å². The molecular weight excluding hydrogens is 420 g/mol. The van der Waals surface area contributed by atoms with Crippen LogP contribution in [0.5, 0.6) is 5.75 Å². The maximum atomic E-state index is 12.7. The lowest BCUT2D eigenvalue weighted by Crippen LogP contribution is -2.12. The Balaban J connectivity index is 1.68. The normalized spacial score (nSPS) is 11.5. The van der Waals surface area contributed by atoms with Crippen LogP contribution in [0.15, 0.2) is 71.6 Å². The van der Waals surface area contributed by atoms with Crippen molar-refractivity contribution >= 4 is 48.4 Å². The van der Waals surface area contributed by atoms with Gasteiger partial charge >= 0.3 is 5.97 Å². The Hall–Kier alpha value is -2.30. The van der Waals surface area contributed by atoms with Crippen molar-refractivity contribution in [1.29, 1.82) is 0 Å². The zero-order valence-corrected chi connectivity index (χ0v) is 19.9. The van der Waals surface area contributed by atoms with Crippen LogP contribution in [0.3, 0.4) is 0 Å². The van der Waals surface area contributed by atoms with Crippen molar-refractivity contribution < 1.29 is 9.53 Å². The molecule has 1 aromatic heterocycles. The van der Waals surface area contributed by atoms with E-state index in [4.69, 9.17) is 4.74 Å². The fourth-order valence-corrected chi connectivity index (χ4v) is 7.25. The van der Waals surface area contributed by atoms with Crippen molar-refractivity contribution in [3.63, 3.8) is 0 Å². The van der Waals surface area contributed by atoms with Gasteiger partial charge < -0.3 is 4.74 Å². The quantitative estimate of drug-likeness (QED) is 0.148. The van der Waals surface area contributed by atoms with Crippen molar-refractivity contribution in [2.75, 3.05) is 11.5 Å². The van der Waals surface area contributed by atoms with Gasteiger partial charge in [0.1, 0.15) is 17.3 Å². The lowest BCUT2D eigenvalue weighted by atomic mass is 10.1. The third-order valence-electron chi connectivity index (χ3n) is 5.45. The monoisotopic (exact) mass is 449 g/mol. The lowest BCUT2D eigenvalue weighted by Gasteiger charge is -2.08. The number of thiophene rings is 1. The first kappa shape index (κ1) is 21.9. The second-order valence-corrected chi connectivity index (χ2v) is 11.1. The third kappa shape index (κ3) is 5.13. The molecule has 4 rings (SSSR count). The van der Waals surface area contributed by atoms with Gasteiger partial charge in [-0.05, 0) is 55.3 Å². The number of benzene rings is 3. The Morgan fingerprint density at radius 2 is 1.48 bits per heavy atom. The molecule has 0 aliphatic carbocycles. The number of fused-ring (bicyclic) bond motifs is 3. The van der Waals surface area contributed by atoms with Gasteiger partial charge in [-0.25, -0.2) is 4.79 Å². The molecule has 0 saturated carbocycles. The second-order valence-electron chi connectivity index (χ2n) is 7.78. The largest absolute Gasteiger partial charge is 0.423 e. The highest BCUT2D eigenvalue weighted by Crippen LogP contribution is 2.36. The Morgan fingerprint density at radius 1 is 0.839 bits per heavy atom. The highest BCUT2D eigenvalue weighted by molar-refractivity contribution is 7.96. The van der Waals surface area contributed by atoms with Gasteiger partial charge in [-0.2, -0.15) is 0 Å². The van der Waals surface area contributed by atoms with Crippen LogP contribution in [0.25, 0.3) is 20.2 Å². The molecule has 4 aromatic rings. The minimum Gasteiger partial charge on any atom is -0.423 e. The van der Waals surface area contributed by atoms with Crippen LogP contribution in [-0.4, -0.2) is 17.5 Å². The van der Waals surface area contributed by atoms with Crippen molar-refractivity contribution in [3.05, 3.63) is 72.3 Å². The van der Waals surface area contributed by atoms with E-state index in [9.17, 15) is 4.79 Å². The number of carbonyl (C=O) groups is 1. The van der Waals surface area contributed by atoms with E-state index in [0.29, 0.717) is 22.2 Å². The zero-order valence-electron chi connectivity index (χ0n) is 18.2. The van der Waals surface area contributed by atoms with Crippen LogP contribution in [0.2, 0.25) is 0 Å². The molecular formula is C27H29O2S2+. The number of hydrogen-bond donors (Lipinski definition) is 0. The molecule has 0 bridgehead atoms. The molecule has 160 valence electrons. The number of hydrogen-bond acceptors (Lipinski definition) is 3. The Labute approximate surface area is 191 Å². The third-order valence-corrected chi connectivity index (χ3v) is 9.09. The van der Waals surface area contributed by atoms with Crippen LogP contribution in [0.1, 0.15) is 49.9 Å². The van der Waals surface area contributed by atoms with E-state index in [2.05, 4.69) is 38.1 Å². The maximum Gasteiger partial charge on any atom is 0.343 e. The van der Waals surface area contributed by atoms with Crippen molar-refractivity contribution in [2.45, 2.75) is 44.4 Å². The zero-order chi connectivity index (χ0) is 21.6. The lowest BCUT2D eigenvalue weighted by molar-refractivity contribution is 0.0735. The molecule has 0 aliphatic heterocycles. The van der Waals surface area contributed by atoms with Crippen LogP contribution >= 0.6 is 11.3 Å². The summed E-state index contributed by atoms with van der Waals surface area (Å²) in [5, 5.41) is 2.41. The predicted octanol–water partition coefficient (Wildman–Crippen LogP) is 7.85. The fourth-order valence-electron chi connectivity index (χ4n) is 3.69. The first-order valence-electron chi connectivity index (χ1n) is 11.1. The van der Waals surface area contributed by atoms with Crippen molar-refractivity contribution in [3.8, 4) is 5.75 Å². The number of rotatable bonds is 9. The molecule has 0 unspecified atom stereocenters. The molecule has 4 heteroatoms. The number of unbranched alkanes of at least 4 members (excludes halogenated alkanes) is 2. The molecule has 0 atom stereocenters. The summed E-state index contributed by atoms with van der Waals surface area (Å²) in [6.45, 7) is 4.54. The number of carbonyl (C=O) groups excluding carboxylic acids is 1. The molecule has 0 amide bonds. The van der Waals surface area contributed by atoms with E-state index in [1.54, 1.807) is 23.5 Å². The van der Waals surface area contributed by atoms with E-state index in [0.717, 1.165) is 5.39 Å². The van der Waals surface area contributed by atoms with Gasteiger partial charge in [-0.15, -0.1) is 11.3 Å². The van der Waals surface area contributed by atoms with Gasteiger partial charge in [0.05, 0.1) is 5.56 Å². The average Bonchev–Trinajstić information content (AvgIpc) is 3.17. The number of ether oxygens (including phenoxy) is 1. The Kier molecular flexibility index (Phi) is 7.31. The first-order chi connectivity index (χ1) is 15.2. The van der Waals surface area contributed by atoms with Crippen molar-refractivity contribution in [2.24, 2.45) is 0 Å². The predicted molar refractivity (Wildman–Crippen MR) is 136 cm³/mol. The maximum absolute atomic E-state index is 12.7. The molecule has 3 aromatic carbocycles. The van der Waals surface area contributed by atoms with Crippen LogP contribution < -0.4 is 4.74 Å². The summed E-state index contributed by atoms with van der Waals surface area (Å²) >= 11 is 1.79. The van der Waals surface area contributed by atoms with E-state index in [1.165, 1.54) is 56.9 Å². The van der Waals surface area contributed by atoms with Gasteiger partial charge in [0.2, 0.25) is 0 Å². The summed E-state index contributed by atoms with van der Waals surface area (Å²) in [5.74, 6) is 2.81. The van der Waals surface area contributed by atoms with Crippen LogP contribution in [0.4, 0.5) is 0 Å². The molecule has 2 nitrogen and oxygen atoms in total. The molecule has 0 N–H and O–H groups in total. The molecule has 0 fully saturated rings. The summed E-state index contributed by atoms with van der Waals surface area (Å²) in [6, 6.07) is 22.2. The second kappa shape index (κ2) is 10.3. The molecule has 0 spiro atoms. The molecule has 0 radical (unpaired) electrons. The minimum atomic E-state index is -0.311. The Bertz CT molecular complexity index is 1160. The van der Waals surface area contributed by atoms with E-state index >= 15 is 0 Å². The summed E-state index contributed by atoms with van der Waals surface area (Å²) < 4.78 is 8.05. The average molecular weight is 450 g/mol. The highest BCUT2D eigenvalue weighted by Gasteiger charge is 2.22. The summed E-state index contributed by atoms with van der Waals surface area (Å²) in [7, 11) is 0.302. The molecule has 0 saturated heterocycles. The van der Waals surface area contributed by atoms with Gasteiger partial charge in [-0.3, -0.25) is 0 Å². The highest BCUT2D eigenvalue weighted by atomic mass is 32.2. The Morgan fingerprint density at radius 3 is 2.16 bits per heavy atom. The minimum absolute atomic E-state index is 0.302. The SMILES string of the molecule is CCCC[S+](CCCC)c1ccc2sc3ccc(C(=O)Oc4ccccc4)cc3c2c1. The number of esters is 1. The smallest absolute Gasteiger partial charge is 0.343 e. The topological polar surface area (TPSA) is 26.3 Å². The summed E-state index contributed by atoms with van der Waals surface area (Å²) in [5.41, 5.74) is 0.595. The van der Waals surface area contributed by atoms with Crippen LogP contribution in [-0.2, 0) is 10.9 Å². The standard InChI is InChI=1S/C27H29O2S2/c1-3-5-16-31(17-6-4-2)22-13-15-26-24(19-22)23-18-20(12-14-25(23)30-26)27(28)29-21-10-8-7-9-11-21/h7-15,18-19H,3-6,16-17H2,1-2H3/q+1. The fraction of sp³-hybridized carbons (Fsp3) is 0.296. The summed E-state index contributed by atoms with van der Waals surface area (Å²) in [4.78, 5) is 14.2. The van der Waals surface area contributed by atoms with Gasteiger partial charge in [0.15, 0.2) is 4.90 Å². The van der Waals surface area contributed by atoms with E-state index in [-0.39, 0.29) is 5.97 Å².